The molecular formula is C27H34N6O2. The smallest absolute Gasteiger partial charge is 0.227 e. The fourth-order valence-electron chi connectivity index (χ4n) is 5.10. The summed E-state index contributed by atoms with van der Waals surface area (Å²) in [5, 5.41) is 7.39. The minimum absolute atomic E-state index is 0.188. The number of carbonyl (C=O) groups is 1. The number of aromatic nitrogens is 4. The van der Waals surface area contributed by atoms with E-state index in [1.807, 2.05) is 38.1 Å². The van der Waals surface area contributed by atoms with Crippen LogP contribution in [0.3, 0.4) is 0 Å². The number of rotatable bonds is 7. The van der Waals surface area contributed by atoms with E-state index in [2.05, 4.69) is 33.6 Å². The number of likely N-dealkylation sites (tertiary alicyclic amines) is 1. The molecule has 0 unspecified atom stereocenters. The third-order valence-corrected chi connectivity index (χ3v) is 6.83. The molecule has 0 bridgehead atoms. The first-order valence-corrected chi connectivity index (χ1v) is 12.6. The number of hydrogen-bond acceptors (Lipinski definition) is 6. The van der Waals surface area contributed by atoms with E-state index in [0.717, 1.165) is 55.7 Å². The van der Waals surface area contributed by atoms with Crippen molar-refractivity contribution in [2.75, 3.05) is 18.4 Å². The van der Waals surface area contributed by atoms with Crippen LogP contribution in [0.25, 0.3) is 11.3 Å². The molecule has 8 heteroatoms. The number of hydrogen-bond donors (Lipinski definition) is 1. The van der Waals surface area contributed by atoms with Crippen LogP contribution in [0.15, 0.2) is 42.9 Å². The molecule has 0 saturated carbocycles. The van der Waals surface area contributed by atoms with Crippen molar-refractivity contribution in [1.29, 1.82) is 0 Å². The Morgan fingerprint density at radius 2 is 2.09 bits per heavy atom. The molecule has 0 radical (unpaired) electrons. The molecule has 1 atom stereocenters. The Kier molecular flexibility index (Phi) is 6.81. The standard InChI is InChI=1S/C27H34N6O2/c1-18(2)35-23-16-33(17-23)26(34)13-20-7-5-4-6-19-12-21(8-9-24(19)20)25-10-11-28-27(31-25)30-22-14-29-32(3)15-22/h8-12,14-15,18,20,23H,4-7,13,16-17H2,1-3H3,(H,28,30,31)/t20-/m0/s1. The van der Waals surface area contributed by atoms with Crippen molar-refractivity contribution in [3.8, 4) is 11.3 Å². The largest absolute Gasteiger partial charge is 0.372 e. The lowest BCUT2D eigenvalue weighted by Gasteiger charge is -2.40. The maximum atomic E-state index is 13.0. The molecule has 0 spiro atoms. The molecule has 8 nitrogen and oxygen atoms in total. The van der Waals surface area contributed by atoms with Crippen LogP contribution in [-0.2, 0) is 23.0 Å². The highest BCUT2D eigenvalue weighted by Crippen LogP contribution is 2.36. The van der Waals surface area contributed by atoms with Crippen LogP contribution >= 0.6 is 0 Å². The van der Waals surface area contributed by atoms with Gasteiger partial charge in [-0.2, -0.15) is 5.10 Å². The molecule has 1 amide bonds. The van der Waals surface area contributed by atoms with Gasteiger partial charge in [0, 0.05) is 44.5 Å². The summed E-state index contributed by atoms with van der Waals surface area (Å²) in [6.07, 6.45) is 10.8. The Labute approximate surface area is 206 Å². The van der Waals surface area contributed by atoms with Crippen molar-refractivity contribution in [2.45, 2.75) is 64.1 Å². The van der Waals surface area contributed by atoms with Gasteiger partial charge in [-0.15, -0.1) is 0 Å². The van der Waals surface area contributed by atoms with Crippen LogP contribution in [0.2, 0.25) is 0 Å². The number of fused-ring (bicyclic) bond motifs is 1. The number of nitrogens with zero attached hydrogens (tertiary/aromatic N) is 5. The SMILES string of the molecule is CC(C)OC1CN(C(=O)C[C@@H]2CCCCc3cc(-c4ccnc(Nc5cnn(C)c5)n4)ccc32)C1. The van der Waals surface area contributed by atoms with Gasteiger partial charge in [-0.3, -0.25) is 9.48 Å². The number of benzene rings is 1. The number of carbonyl (C=O) groups excluding carboxylic acids is 1. The van der Waals surface area contributed by atoms with Crippen LogP contribution in [0, 0.1) is 0 Å². The molecule has 2 aromatic heterocycles. The van der Waals surface area contributed by atoms with Crippen molar-refractivity contribution in [1.82, 2.24) is 24.6 Å². The fourth-order valence-corrected chi connectivity index (χ4v) is 5.10. The van der Waals surface area contributed by atoms with Crippen LogP contribution in [0.4, 0.5) is 11.6 Å². The van der Waals surface area contributed by atoms with E-state index in [9.17, 15) is 4.79 Å². The lowest BCUT2D eigenvalue weighted by Crippen LogP contribution is -2.55. The van der Waals surface area contributed by atoms with Gasteiger partial charge in [0.05, 0.1) is 29.8 Å². The minimum atomic E-state index is 0.188. The van der Waals surface area contributed by atoms with Crippen molar-refractivity contribution in [3.05, 3.63) is 54.0 Å². The van der Waals surface area contributed by atoms with Gasteiger partial charge < -0.3 is 15.0 Å². The average Bonchev–Trinajstić information content (AvgIpc) is 3.11. The first kappa shape index (κ1) is 23.5. The Balaban J connectivity index is 1.29. The van der Waals surface area contributed by atoms with E-state index in [1.165, 1.54) is 11.1 Å². The molecule has 1 fully saturated rings. The number of amides is 1. The Bertz CT molecular complexity index is 1180. The predicted octanol–water partition coefficient (Wildman–Crippen LogP) is 4.46. The highest BCUT2D eigenvalue weighted by molar-refractivity contribution is 5.78. The lowest BCUT2D eigenvalue weighted by atomic mass is 9.88. The summed E-state index contributed by atoms with van der Waals surface area (Å²) in [5.41, 5.74) is 5.45. The number of anilines is 2. The fraction of sp³-hybridized carbons (Fsp3) is 0.481. The summed E-state index contributed by atoms with van der Waals surface area (Å²) in [5.74, 6) is 1.06. The van der Waals surface area contributed by atoms with Crippen molar-refractivity contribution >= 4 is 17.5 Å². The summed E-state index contributed by atoms with van der Waals surface area (Å²) in [7, 11) is 1.88. The van der Waals surface area contributed by atoms with Crippen molar-refractivity contribution in [2.24, 2.45) is 7.05 Å². The predicted molar refractivity (Wildman–Crippen MR) is 135 cm³/mol. The van der Waals surface area contributed by atoms with Gasteiger partial charge in [0.25, 0.3) is 0 Å². The van der Waals surface area contributed by atoms with E-state index in [4.69, 9.17) is 9.72 Å². The molecule has 5 rings (SSSR count). The zero-order valence-electron chi connectivity index (χ0n) is 20.8. The van der Waals surface area contributed by atoms with Gasteiger partial charge >= 0.3 is 0 Å². The molecular weight excluding hydrogens is 440 g/mol. The number of ether oxygens (including phenoxy) is 1. The topological polar surface area (TPSA) is 85.2 Å². The third-order valence-electron chi connectivity index (χ3n) is 6.83. The minimum Gasteiger partial charge on any atom is -0.372 e. The van der Waals surface area contributed by atoms with E-state index in [-0.39, 0.29) is 24.0 Å². The van der Waals surface area contributed by atoms with Crippen LogP contribution < -0.4 is 5.32 Å². The molecule has 1 saturated heterocycles. The Morgan fingerprint density at radius 1 is 1.23 bits per heavy atom. The van der Waals surface area contributed by atoms with Gasteiger partial charge in [0.2, 0.25) is 11.9 Å². The maximum Gasteiger partial charge on any atom is 0.227 e. The zero-order valence-corrected chi connectivity index (χ0v) is 20.8. The molecule has 184 valence electrons. The van der Waals surface area contributed by atoms with E-state index < -0.39 is 0 Å². The second-order valence-electron chi connectivity index (χ2n) is 9.96. The normalized spacial score (nSPS) is 18.2. The Hall–Kier alpha value is -3.26. The average molecular weight is 475 g/mol. The van der Waals surface area contributed by atoms with Gasteiger partial charge in [0.1, 0.15) is 0 Å². The molecule has 1 aliphatic carbocycles. The summed E-state index contributed by atoms with van der Waals surface area (Å²) >= 11 is 0. The van der Waals surface area contributed by atoms with Crippen LogP contribution in [0.1, 0.15) is 56.6 Å². The highest BCUT2D eigenvalue weighted by atomic mass is 16.5. The van der Waals surface area contributed by atoms with Crippen LogP contribution in [-0.4, -0.2) is 55.9 Å². The summed E-state index contributed by atoms with van der Waals surface area (Å²) < 4.78 is 7.55. The first-order chi connectivity index (χ1) is 16.9. The van der Waals surface area contributed by atoms with Gasteiger partial charge in [-0.05, 0) is 62.3 Å². The molecule has 35 heavy (non-hydrogen) atoms. The number of aryl methyl sites for hydroxylation is 2. The van der Waals surface area contributed by atoms with Crippen LogP contribution in [0.5, 0.6) is 0 Å². The Morgan fingerprint density at radius 3 is 2.86 bits per heavy atom. The highest BCUT2D eigenvalue weighted by Gasteiger charge is 2.33. The van der Waals surface area contributed by atoms with E-state index >= 15 is 0 Å². The van der Waals surface area contributed by atoms with Crippen molar-refractivity contribution < 1.29 is 9.53 Å². The second-order valence-corrected chi connectivity index (χ2v) is 9.96. The molecule has 1 N–H and O–H groups in total. The zero-order chi connectivity index (χ0) is 24.4. The number of nitrogens with one attached hydrogen (secondary N) is 1. The monoisotopic (exact) mass is 474 g/mol. The summed E-state index contributed by atoms with van der Waals surface area (Å²) in [4.78, 5) is 24.0. The molecule has 3 heterocycles. The maximum absolute atomic E-state index is 13.0. The lowest BCUT2D eigenvalue weighted by molar-refractivity contribution is -0.148. The first-order valence-electron chi connectivity index (χ1n) is 12.6. The van der Waals surface area contributed by atoms with Gasteiger partial charge in [-0.25, -0.2) is 9.97 Å². The molecule has 1 aromatic carbocycles. The molecule has 1 aliphatic heterocycles. The van der Waals surface area contributed by atoms with E-state index in [0.29, 0.717) is 12.4 Å². The van der Waals surface area contributed by atoms with E-state index in [1.54, 1.807) is 17.1 Å². The van der Waals surface area contributed by atoms with Crippen molar-refractivity contribution in [3.63, 3.8) is 0 Å². The summed E-state index contributed by atoms with van der Waals surface area (Å²) in [6.45, 7) is 5.53. The third kappa shape index (κ3) is 5.53. The molecule has 3 aromatic rings. The molecule has 2 aliphatic rings. The van der Waals surface area contributed by atoms with Gasteiger partial charge in [-0.1, -0.05) is 18.6 Å². The van der Waals surface area contributed by atoms with Gasteiger partial charge in [0.15, 0.2) is 0 Å². The quantitative estimate of drug-likeness (QED) is 0.509. The second kappa shape index (κ2) is 10.2. The summed E-state index contributed by atoms with van der Waals surface area (Å²) in [6, 6.07) is 8.54.